The third-order valence-corrected chi connectivity index (χ3v) is 10.3. The van der Waals surface area contributed by atoms with Crippen LogP contribution in [0.25, 0.3) is 42.0 Å². The maximum atomic E-state index is 12.9. The second-order valence-corrected chi connectivity index (χ2v) is 12.2. The van der Waals surface area contributed by atoms with Gasteiger partial charge in [-0.25, -0.2) is 0 Å². The minimum absolute atomic E-state index is 0.192. The van der Waals surface area contributed by atoms with Crippen LogP contribution >= 0.6 is 22.7 Å². The number of benzene rings is 2. The van der Waals surface area contributed by atoms with Crippen molar-refractivity contribution in [3.8, 4) is 0 Å². The normalized spacial score (nSPS) is 14.8. The largest absolute Gasteiger partial charge is 0.342 e. The van der Waals surface area contributed by atoms with Gasteiger partial charge in [0.2, 0.25) is 0 Å². The van der Waals surface area contributed by atoms with Gasteiger partial charge in [-0.1, -0.05) is 48.5 Å². The standard InChI is InChI=1S/C32H18N2O4S2/c1-33-15(11-21-27(35)17-7-3-4-8-18(17)28(21)36)13-23-25(33)31-32(39-23)26-24(40-31)14-16(34(26)2)12-22-29(37)19-9-5-6-10-20(19)30(22)38/h3-14H,1-2H3. The van der Waals surface area contributed by atoms with E-state index >= 15 is 0 Å². The summed E-state index contributed by atoms with van der Waals surface area (Å²) < 4.78 is 8.45. The van der Waals surface area contributed by atoms with E-state index in [0.717, 1.165) is 41.2 Å². The van der Waals surface area contributed by atoms with Crippen molar-refractivity contribution >= 4 is 87.8 Å². The first-order valence-corrected chi connectivity index (χ1v) is 14.3. The van der Waals surface area contributed by atoms with Gasteiger partial charge in [-0.15, -0.1) is 22.7 Å². The minimum Gasteiger partial charge on any atom is -0.342 e. The van der Waals surface area contributed by atoms with E-state index < -0.39 is 0 Å². The summed E-state index contributed by atoms with van der Waals surface area (Å²) in [5, 5.41) is 0. The quantitative estimate of drug-likeness (QED) is 0.172. The third kappa shape index (κ3) is 2.92. The number of aryl methyl sites for hydroxylation is 2. The first kappa shape index (κ1) is 23.2. The number of rotatable bonds is 2. The number of carbonyl (C=O) groups is 4. The maximum absolute atomic E-state index is 12.9. The Morgan fingerprint density at radius 2 is 0.875 bits per heavy atom. The van der Waals surface area contributed by atoms with E-state index in [1.165, 1.54) is 0 Å². The van der Waals surface area contributed by atoms with Crippen molar-refractivity contribution in [2.45, 2.75) is 0 Å². The van der Waals surface area contributed by atoms with Gasteiger partial charge in [0.15, 0.2) is 23.1 Å². The van der Waals surface area contributed by atoms with Gasteiger partial charge in [-0.2, -0.15) is 0 Å². The summed E-state index contributed by atoms with van der Waals surface area (Å²) >= 11 is 3.31. The average Bonchev–Trinajstić information content (AvgIpc) is 3.74. The lowest BCUT2D eigenvalue weighted by Gasteiger charge is -2.01. The van der Waals surface area contributed by atoms with E-state index in [0.29, 0.717) is 22.3 Å². The lowest BCUT2D eigenvalue weighted by molar-refractivity contribution is 0.0975. The maximum Gasteiger partial charge on any atom is 0.197 e. The number of ketones is 4. The number of nitrogens with zero attached hydrogens (tertiary/aromatic N) is 2. The highest BCUT2D eigenvalue weighted by molar-refractivity contribution is 7.36. The van der Waals surface area contributed by atoms with E-state index in [-0.39, 0.29) is 34.3 Å². The van der Waals surface area contributed by atoms with Crippen LogP contribution in [0.15, 0.2) is 71.8 Å². The van der Waals surface area contributed by atoms with Gasteiger partial charge in [0, 0.05) is 47.7 Å². The second kappa shape index (κ2) is 7.94. The third-order valence-electron chi connectivity index (χ3n) is 7.93. The number of hydrogen-bond donors (Lipinski definition) is 0. The molecule has 0 bridgehead atoms. The smallest absolute Gasteiger partial charge is 0.197 e. The molecule has 4 heterocycles. The number of fused-ring (bicyclic) bond motifs is 7. The van der Waals surface area contributed by atoms with Crippen molar-refractivity contribution in [2.75, 3.05) is 0 Å². The van der Waals surface area contributed by atoms with Crippen molar-refractivity contribution in [2.24, 2.45) is 14.1 Å². The highest BCUT2D eigenvalue weighted by Gasteiger charge is 2.34. The Balaban J connectivity index is 1.22. The molecule has 0 atom stereocenters. The molecular weight excluding hydrogens is 540 g/mol. The Kier molecular flexibility index (Phi) is 4.61. The van der Waals surface area contributed by atoms with Crippen LogP contribution in [0.5, 0.6) is 0 Å². The lowest BCUT2D eigenvalue weighted by Crippen LogP contribution is -2.02. The zero-order valence-corrected chi connectivity index (χ0v) is 22.9. The van der Waals surface area contributed by atoms with Gasteiger partial charge in [0.1, 0.15) is 0 Å². The predicted molar refractivity (Wildman–Crippen MR) is 159 cm³/mol. The molecule has 0 saturated heterocycles. The summed E-state index contributed by atoms with van der Waals surface area (Å²) in [5.74, 6) is -0.940. The summed E-state index contributed by atoms with van der Waals surface area (Å²) in [6.45, 7) is 0. The van der Waals surface area contributed by atoms with Crippen LogP contribution in [0.4, 0.5) is 0 Å². The molecule has 0 amide bonds. The van der Waals surface area contributed by atoms with Gasteiger partial charge < -0.3 is 9.13 Å². The SMILES string of the molecule is Cn1c(C=C2C(=O)c3ccccc3C2=O)cc2sc3c(sc4cc(C=C5C(=O)c6ccccc6C5=O)n(C)c43)c21. The molecule has 192 valence electrons. The van der Waals surface area contributed by atoms with E-state index in [1.807, 2.05) is 35.4 Å². The van der Waals surface area contributed by atoms with Crippen molar-refractivity contribution in [3.63, 3.8) is 0 Å². The van der Waals surface area contributed by atoms with Crippen LogP contribution in [0.1, 0.15) is 52.8 Å². The van der Waals surface area contributed by atoms with E-state index in [9.17, 15) is 19.2 Å². The van der Waals surface area contributed by atoms with Crippen LogP contribution in [-0.2, 0) is 14.1 Å². The second-order valence-electron chi connectivity index (χ2n) is 10.1. The molecule has 8 rings (SSSR count). The molecule has 0 fully saturated rings. The molecule has 0 aliphatic heterocycles. The molecule has 4 aromatic heterocycles. The van der Waals surface area contributed by atoms with E-state index in [2.05, 4.69) is 0 Å². The molecular formula is C32H18N2O4S2. The Hall–Kier alpha value is -4.66. The van der Waals surface area contributed by atoms with Crippen molar-refractivity contribution in [3.05, 3.63) is 105 Å². The van der Waals surface area contributed by atoms with E-state index in [4.69, 9.17) is 0 Å². The van der Waals surface area contributed by atoms with Crippen LogP contribution in [0, 0.1) is 0 Å². The Bertz CT molecular complexity index is 2030. The van der Waals surface area contributed by atoms with Gasteiger partial charge in [0.25, 0.3) is 0 Å². The Morgan fingerprint density at radius 1 is 0.550 bits per heavy atom. The molecule has 0 N–H and O–H groups in total. The zero-order chi connectivity index (χ0) is 27.4. The van der Waals surface area contributed by atoms with Crippen molar-refractivity contribution in [1.82, 2.24) is 9.13 Å². The lowest BCUT2D eigenvalue weighted by atomic mass is 10.1. The first-order chi connectivity index (χ1) is 19.3. The topological polar surface area (TPSA) is 78.1 Å². The fourth-order valence-corrected chi connectivity index (χ4v) is 8.79. The summed E-state index contributed by atoms with van der Waals surface area (Å²) in [6.07, 6.45) is 3.41. The molecule has 0 saturated carbocycles. The number of hydrogen-bond acceptors (Lipinski definition) is 6. The number of Topliss-reactive ketones (excluding diaryl/α,β-unsaturated/α-hetero) is 4. The molecule has 0 unspecified atom stereocenters. The highest BCUT2D eigenvalue weighted by atomic mass is 32.1. The molecule has 2 aromatic carbocycles. The Labute approximate surface area is 235 Å². The summed E-state index contributed by atoms with van der Waals surface area (Å²) in [7, 11) is 3.90. The fraction of sp³-hybridized carbons (Fsp3) is 0.0625. The van der Waals surface area contributed by atoms with Crippen molar-refractivity contribution in [1.29, 1.82) is 0 Å². The monoisotopic (exact) mass is 558 g/mol. The molecule has 40 heavy (non-hydrogen) atoms. The summed E-state index contributed by atoms with van der Waals surface area (Å²) in [4.78, 5) is 51.7. The molecule has 6 aromatic rings. The van der Waals surface area contributed by atoms with Gasteiger partial charge in [-0.05, 0) is 24.3 Å². The van der Waals surface area contributed by atoms with Gasteiger partial charge in [-0.3, -0.25) is 19.2 Å². The molecule has 6 nitrogen and oxygen atoms in total. The number of thiophene rings is 2. The average molecular weight is 559 g/mol. The summed E-state index contributed by atoms with van der Waals surface area (Å²) in [6, 6.07) is 17.9. The molecule has 0 radical (unpaired) electrons. The fourth-order valence-electron chi connectivity index (χ4n) is 5.88. The van der Waals surface area contributed by atoms with Gasteiger partial charge >= 0.3 is 0 Å². The van der Waals surface area contributed by atoms with Crippen molar-refractivity contribution < 1.29 is 19.2 Å². The van der Waals surface area contributed by atoms with Crippen LogP contribution < -0.4 is 0 Å². The number of carbonyl (C=O) groups excluding carboxylic acids is 4. The first-order valence-electron chi connectivity index (χ1n) is 12.6. The number of allylic oxidation sites excluding steroid dienone is 2. The minimum atomic E-state index is -0.235. The molecule has 8 heteroatoms. The molecule has 0 spiro atoms. The highest BCUT2D eigenvalue weighted by Crippen LogP contribution is 2.46. The van der Waals surface area contributed by atoms with Gasteiger partial charge in [0.05, 0.1) is 41.0 Å². The zero-order valence-electron chi connectivity index (χ0n) is 21.3. The molecule has 2 aliphatic carbocycles. The van der Waals surface area contributed by atoms with Crippen LogP contribution in [0.2, 0.25) is 0 Å². The van der Waals surface area contributed by atoms with Crippen LogP contribution in [0.3, 0.4) is 0 Å². The number of aromatic nitrogens is 2. The molecule has 2 aliphatic rings. The van der Waals surface area contributed by atoms with E-state index in [1.54, 1.807) is 83.4 Å². The Morgan fingerprint density at radius 3 is 1.20 bits per heavy atom. The van der Waals surface area contributed by atoms with Crippen LogP contribution in [-0.4, -0.2) is 32.3 Å². The summed E-state index contributed by atoms with van der Waals surface area (Å²) in [5.41, 5.74) is 5.92. The predicted octanol–water partition coefficient (Wildman–Crippen LogP) is 6.87.